The maximum absolute atomic E-state index is 12.7. The molecule has 0 saturated carbocycles. The molecule has 0 aromatic heterocycles. The summed E-state index contributed by atoms with van der Waals surface area (Å²) in [6.07, 6.45) is 0. The van der Waals surface area contributed by atoms with Gasteiger partial charge in [0.1, 0.15) is 11.7 Å². The van der Waals surface area contributed by atoms with Gasteiger partial charge in [-0.3, -0.25) is 19.2 Å². The van der Waals surface area contributed by atoms with Crippen LogP contribution in [0.3, 0.4) is 0 Å². The Balaban J connectivity index is 1.99. The number of methoxy groups -OCH3 is 1. The molecular formula is C19H15NO5. The predicted octanol–water partition coefficient (Wildman–Crippen LogP) is 2.53. The molecule has 25 heavy (non-hydrogen) atoms. The standard InChI is InChI=1S/C19H15NO5/c1-10(21)20-14-5-3-4-13-15(14)19(24)16(18(13)23)17(22)11-6-8-12(25-2)9-7-11/h3-9,16H,1-2H3,(H,20,21)/t16-/m0/s1. The number of hydrogen-bond donors (Lipinski definition) is 1. The van der Waals surface area contributed by atoms with Gasteiger partial charge in [0.25, 0.3) is 0 Å². The van der Waals surface area contributed by atoms with Gasteiger partial charge >= 0.3 is 0 Å². The number of ketones is 3. The third kappa shape index (κ3) is 2.82. The zero-order chi connectivity index (χ0) is 18.1. The number of amides is 1. The van der Waals surface area contributed by atoms with E-state index in [4.69, 9.17) is 4.74 Å². The van der Waals surface area contributed by atoms with Gasteiger partial charge in [-0.1, -0.05) is 12.1 Å². The highest BCUT2D eigenvalue weighted by atomic mass is 16.5. The fraction of sp³-hybridized carbons (Fsp3) is 0.158. The van der Waals surface area contributed by atoms with Crippen LogP contribution in [0.25, 0.3) is 0 Å². The summed E-state index contributed by atoms with van der Waals surface area (Å²) in [5.74, 6) is -2.92. The summed E-state index contributed by atoms with van der Waals surface area (Å²) < 4.78 is 5.03. The number of Topliss-reactive ketones (excluding diaryl/α,β-unsaturated/α-hetero) is 3. The second-order valence-corrected chi connectivity index (χ2v) is 5.66. The number of anilines is 1. The normalized spacial score (nSPS) is 15.7. The van der Waals surface area contributed by atoms with Crippen molar-refractivity contribution in [3.05, 3.63) is 59.2 Å². The molecule has 0 bridgehead atoms. The van der Waals surface area contributed by atoms with Gasteiger partial charge in [0.05, 0.1) is 18.4 Å². The number of benzene rings is 2. The van der Waals surface area contributed by atoms with E-state index in [1.54, 1.807) is 18.2 Å². The number of fused-ring (bicyclic) bond motifs is 1. The molecule has 1 aliphatic rings. The number of ether oxygens (including phenoxy) is 1. The number of nitrogens with one attached hydrogen (secondary N) is 1. The molecule has 0 spiro atoms. The van der Waals surface area contributed by atoms with Gasteiger partial charge in [-0.15, -0.1) is 0 Å². The van der Waals surface area contributed by atoms with Gasteiger partial charge < -0.3 is 10.1 Å². The second kappa shape index (κ2) is 6.32. The predicted molar refractivity (Wildman–Crippen MR) is 90.2 cm³/mol. The molecule has 0 radical (unpaired) electrons. The lowest BCUT2D eigenvalue weighted by Crippen LogP contribution is -2.25. The van der Waals surface area contributed by atoms with Gasteiger partial charge in [-0.2, -0.15) is 0 Å². The van der Waals surface area contributed by atoms with Gasteiger partial charge in [-0.05, 0) is 30.3 Å². The Bertz CT molecular complexity index is 899. The van der Waals surface area contributed by atoms with Crippen molar-refractivity contribution < 1.29 is 23.9 Å². The molecular weight excluding hydrogens is 322 g/mol. The summed E-state index contributed by atoms with van der Waals surface area (Å²) in [4.78, 5) is 49.3. The Kier molecular flexibility index (Phi) is 4.19. The van der Waals surface area contributed by atoms with Crippen molar-refractivity contribution in [2.45, 2.75) is 6.92 Å². The Labute approximate surface area is 143 Å². The monoisotopic (exact) mass is 337 g/mol. The maximum atomic E-state index is 12.7. The molecule has 1 amide bonds. The SMILES string of the molecule is COc1ccc(C(=O)[C@H]2C(=O)c3cccc(NC(C)=O)c3C2=O)cc1. The Morgan fingerprint density at radius 3 is 2.28 bits per heavy atom. The van der Waals surface area contributed by atoms with E-state index < -0.39 is 23.3 Å². The summed E-state index contributed by atoms with van der Waals surface area (Å²) in [6.45, 7) is 1.31. The molecule has 1 aliphatic carbocycles. The highest BCUT2D eigenvalue weighted by molar-refractivity contribution is 6.39. The second-order valence-electron chi connectivity index (χ2n) is 5.66. The Hall–Kier alpha value is -3.28. The van der Waals surface area contributed by atoms with Crippen molar-refractivity contribution in [2.24, 2.45) is 5.92 Å². The largest absolute Gasteiger partial charge is 0.497 e. The summed E-state index contributed by atoms with van der Waals surface area (Å²) in [6, 6.07) is 10.8. The van der Waals surface area contributed by atoms with Crippen molar-refractivity contribution in [1.82, 2.24) is 0 Å². The van der Waals surface area contributed by atoms with Crippen LogP contribution in [0.1, 0.15) is 38.0 Å². The third-order valence-electron chi connectivity index (χ3n) is 4.05. The maximum Gasteiger partial charge on any atom is 0.221 e. The van der Waals surface area contributed by atoms with Gasteiger partial charge in [0.15, 0.2) is 17.3 Å². The lowest BCUT2D eigenvalue weighted by Gasteiger charge is -2.08. The van der Waals surface area contributed by atoms with Crippen LogP contribution in [0.2, 0.25) is 0 Å². The van der Waals surface area contributed by atoms with Crippen LogP contribution in [0.4, 0.5) is 5.69 Å². The first-order chi connectivity index (χ1) is 11.9. The average Bonchev–Trinajstić information content (AvgIpc) is 2.86. The lowest BCUT2D eigenvalue weighted by molar-refractivity contribution is -0.114. The molecule has 2 aromatic carbocycles. The van der Waals surface area contributed by atoms with Crippen molar-refractivity contribution in [2.75, 3.05) is 12.4 Å². The minimum atomic E-state index is -1.42. The molecule has 0 fully saturated rings. The zero-order valence-corrected chi connectivity index (χ0v) is 13.7. The van der Waals surface area contributed by atoms with Crippen molar-refractivity contribution >= 4 is 28.9 Å². The van der Waals surface area contributed by atoms with Crippen LogP contribution < -0.4 is 10.1 Å². The Morgan fingerprint density at radius 1 is 1.00 bits per heavy atom. The van der Waals surface area contributed by atoms with E-state index in [0.29, 0.717) is 5.75 Å². The topological polar surface area (TPSA) is 89.5 Å². The molecule has 126 valence electrons. The molecule has 2 aromatic rings. The van der Waals surface area contributed by atoms with Gasteiger partial charge in [-0.25, -0.2) is 0 Å². The van der Waals surface area contributed by atoms with E-state index in [1.807, 2.05) is 0 Å². The van der Waals surface area contributed by atoms with E-state index in [-0.39, 0.29) is 28.3 Å². The van der Waals surface area contributed by atoms with E-state index in [1.165, 1.54) is 38.3 Å². The number of carbonyl (C=O) groups excluding carboxylic acids is 4. The first kappa shape index (κ1) is 16.6. The lowest BCUT2D eigenvalue weighted by atomic mass is 9.93. The molecule has 1 N–H and O–H groups in total. The number of rotatable bonds is 4. The third-order valence-corrected chi connectivity index (χ3v) is 4.05. The molecule has 0 unspecified atom stereocenters. The van der Waals surface area contributed by atoms with E-state index >= 15 is 0 Å². The van der Waals surface area contributed by atoms with Crippen LogP contribution in [-0.2, 0) is 4.79 Å². The van der Waals surface area contributed by atoms with Crippen molar-refractivity contribution in [3.63, 3.8) is 0 Å². The quantitative estimate of drug-likeness (QED) is 0.684. The van der Waals surface area contributed by atoms with Crippen molar-refractivity contribution in [3.8, 4) is 5.75 Å². The van der Waals surface area contributed by atoms with Crippen LogP contribution in [0.15, 0.2) is 42.5 Å². The molecule has 3 rings (SSSR count). The number of hydrogen-bond acceptors (Lipinski definition) is 5. The Morgan fingerprint density at radius 2 is 1.68 bits per heavy atom. The molecule has 0 saturated heterocycles. The van der Waals surface area contributed by atoms with Crippen LogP contribution in [-0.4, -0.2) is 30.4 Å². The first-order valence-electron chi connectivity index (χ1n) is 7.61. The van der Waals surface area contributed by atoms with Crippen LogP contribution >= 0.6 is 0 Å². The molecule has 0 heterocycles. The fourth-order valence-electron chi connectivity index (χ4n) is 2.90. The van der Waals surface area contributed by atoms with E-state index in [0.717, 1.165) is 0 Å². The summed E-state index contributed by atoms with van der Waals surface area (Å²) in [7, 11) is 1.50. The van der Waals surface area contributed by atoms with Crippen LogP contribution in [0.5, 0.6) is 5.75 Å². The molecule has 0 aliphatic heterocycles. The van der Waals surface area contributed by atoms with Gasteiger partial charge in [0, 0.05) is 18.1 Å². The molecule has 6 heteroatoms. The average molecular weight is 337 g/mol. The van der Waals surface area contributed by atoms with Crippen molar-refractivity contribution in [1.29, 1.82) is 0 Å². The molecule has 6 nitrogen and oxygen atoms in total. The first-order valence-corrected chi connectivity index (χ1v) is 7.61. The van der Waals surface area contributed by atoms with E-state index in [9.17, 15) is 19.2 Å². The highest BCUT2D eigenvalue weighted by Crippen LogP contribution is 2.34. The minimum Gasteiger partial charge on any atom is -0.497 e. The summed E-state index contributed by atoms with van der Waals surface area (Å²) in [5.41, 5.74) is 0.743. The number of carbonyl (C=O) groups is 4. The molecule has 1 atom stereocenters. The van der Waals surface area contributed by atoms with Crippen LogP contribution in [0, 0.1) is 5.92 Å². The summed E-state index contributed by atoms with van der Waals surface area (Å²) in [5, 5.41) is 2.53. The fourth-order valence-corrected chi connectivity index (χ4v) is 2.90. The highest BCUT2D eigenvalue weighted by Gasteiger charge is 2.44. The smallest absolute Gasteiger partial charge is 0.221 e. The summed E-state index contributed by atoms with van der Waals surface area (Å²) >= 11 is 0. The minimum absolute atomic E-state index is 0.0922. The van der Waals surface area contributed by atoms with Gasteiger partial charge in [0.2, 0.25) is 5.91 Å². The zero-order valence-electron chi connectivity index (χ0n) is 13.7. The van der Waals surface area contributed by atoms with E-state index in [2.05, 4.69) is 5.32 Å².